The number of hydrogen-bond acceptors (Lipinski definition) is 11. The summed E-state index contributed by atoms with van der Waals surface area (Å²) in [5.74, 6) is -0.285. The number of hydrazine groups is 1. The molecule has 4 rings (SSSR count). The van der Waals surface area contributed by atoms with Crippen molar-refractivity contribution in [2.24, 2.45) is 0 Å². The maximum Gasteiger partial charge on any atom is 0.285 e. The van der Waals surface area contributed by atoms with Gasteiger partial charge in [0.25, 0.3) is 11.8 Å². The Hall–Kier alpha value is -3.04. The number of benzene rings is 1. The number of hydrogen-bond donors (Lipinski definition) is 2. The van der Waals surface area contributed by atoms with Gasteiger partial charge in [0.1, 0.15) is 0 Å². The third-order valence-electron chi connectivity index (χ3n) is 5.31. The molecule has 0 bridgehead atoms. The second-order valence-corrected chi connectivity index (χ2v) is 10.4. The lowest BCUT2D eigenvalue weighted by Gasteiger charge is -2.26. The van der Waals surface area contributed by atoms with Crippen LogP contribution in [0.5, 0.6) is 11.5 Å². The molecule has 0 saturated carbocycles. The molecule has 0 radical (unpaired) electrons. The Morgan fingerprint density at radius 2 is 2.05 bits per heavy atom. The summed E-state index contributed by atoms with van der Waals surface area (Å²) in [6, 6.07) is 5.06. The fraction of sp³-hybridized carbons (Fsp3) is 0.348. The van der Waals surface area contributed by atoms with Gasteiger partial charge in [-0.2, -0.15) is 5.01 Å². The quantitative estimate of drug-likeness (QED) is 0.328. The number of carbonyl (C=O) groups excluding carboxylic acids is 3. The van der Waals surface area contributed by atoms with E-state index in [2.05, 4.69) is 20.6 Å². The normalized spacial score (nSPS) is 17.2. The molecule has 14 heteroatoms. The zero-order valence-electron chi connectivity index (χ0n) is 19.9. The standard InChI is InChI=1S/C23H25N5O6S3/c1-32-17-12-15(2-3-16(17)34-14-20(30)25-22-24-5-11-36-22)13-18-21(31)28(23(35)37-18)26-19(29)4-6-27-7-9-33-10-8-27/h2-3,5,11-13H,4,6-10,14H2,1H3,(H,26,29)(H,24,25,30). The second-order valence-electron chi connectivity index (χ2n) is 7.84. The molecular formula is C23H25N5O6S3. The Bertz CT molecular complexity index is 1180. The molecule has 2 fully saturated rings. The molecule has 11 nitrogen and oxygen atoms in total. The second kappa shape index (κ2) is 13.0. The molecule has 37 heavy (non-hydrogen) atoms. The lowest BCUT2D eigenvalue weighted by atomic mass is 10.2. The van der Waals surface area contributed by atoms with Crippen molar-refractivity contribution in [3.05, 3.63) is 40.2 Å². The molecule has 2 aliphatic rings. The lowest BCUT2D eigenvalue weighted by molar-refractivity contribution is -0.133. The number of morpholine rings is 1. The summed E-state index contributed by atoms with van der Waals surface area (Å²) in [4.78, 5) is 43.9. The van der Waals surface area contributed by atoms with Crippen molar-refractivity contribution in [1.29, 1.82) is 0 Å². The monoisotopic (exact) mass is 563 g/mol. The number of ether oxygens (including phenoxy) is 3. The average Bonchev–Trinajstić information content (AvgIpc) is 3.50. The van der Waals surface area contributed by atoms with Gasteiger partial charge in [-0.3, -0.25) is 30.0 Å². The minimum atomic E-state index is -0.409. The van der Waals surface area contributed by atoms with Gasteiger partial charge in [-0.15, -0.1) is 11.3 Å². The molecule has 3 heterocycles. The number of amides is 3. The number of methoxy groups -OCH3 is 1. The molecule has 196 valence electrons. The third-order valence-corrected chi connectivity index (χ3v) is 7.30. The Labute approximate surface area is 227 Å². The first-order valence-corrected chi connectivity index (χ1v) is 13.4. The van der Waals surface area contributed by atoms with E-state index in [0.717, 1.165) is 29.9 Å². The molecule has 0 aliphatic carbocycles. The van der Waals surface area contributed by atoms with E-state index in [-0.39, 0.29) is 29.2 Å². The summed E-state index contributed by atoms with van der Waals surface area (Å²) < 4.78 is 16.5. The highest BCUT2D eigenvalue weighted by Crippen LogP contribution is 2.34. The SMILES string of the molecule is COc1cc(C=C2SC(=S)N(NC(=O)CCN3CCOCC3)C2=O)ccc1OCC(=O)Nc1nccs1. The van der Waals surface area contributed by atoms with Crippen molar-refractivity contribution in [3.63, 3.8) is 0 Å². The maximum atomic E-state index is 12.9. The van der Waals surface area contributed by atoms with E-state index in [1.807, 2.05) is 0 Å². The van der Waals surface area contributed by atoms with Gasteiger partial charge in [0, 0.05) is 37.6 Å². The van der Waals surface area contributed by atoms with Crippen LogP contribution in [0.15, 0.2) is 34.7 Å². The first-order valence-electron chi connectivity index (χ1n) is 11.3. The summed E-state index contributed by atoms with van der Waals surface area (Å²) in [7, 11) is 1.48. The Kier molecular flexibility index (Phi) is 9.46. The zero-order valence-corrected chi connectivity index (χ0v) is 22.4. The van der Waals surface area contributed by atoms with Crippen LogP contribution < -0.4 is 20.2 Å². The Morgan fingerprint density at radius 3 is 2.78 bits per heavy atom. The first-order chi connectivity index (χ1) is 17.9. The number of rotatable bonds is 10. The van der Waals surface area contributed by atoms with Crippen LogP contribution in [-0.4, -0.2) is 83.5 Å². The highest BCUT2D eigenvalue weighted by molar-refractivity contribution is 8.26. The number of thiazole rings is 1. The first kappa shape index (κ1) is 27.0. The number of aromatic nitrogens is 1. The number of thioether (sulfide) groups is 1. The summed E-state index contributed by atoms with van der Waals surface area (Å²) in [6.07, 6.45) is 3.49. The number of thiocarbonyl (C=S) groups is 1. The van der Waals surface area contributed by atoms with Gasteiger partial charge in [0.2, 0.25) is 5.91 Å². The Morgan fingerprint density at radius 1 is 1.24 bits per heavy atom. The fourth-order valence-electron chi connectivity index (χ4n) is 3.46. The van der Waals surface area contributed by atoms with Crippen molar-refractivity contribution in [2.45, 2.75) is 6.42 Å². The van der Waals surface area contributed by atoms with E-state index < -0.39 is 5.91 Å². The topological polar surface area (TPSA) is 122 Å². The minimum Gasteiger partial charge on any atom is -0.493 e. The largest absolute Gasteiger partial charge is 0.493 e. The van der Waals surface area contributed by atoms with Crippen LogP contribution in [0.4, 0.5) is 5.13 Å². The van der Waals surface area contributed by atoms with Gasteiger partial charge in [0.05, 0.1) is 25.2 Å². The molecular weight excluding hydrogens is 538 g/mol. The highest BCUT2D eigenvalue weighted by Gasteiger charge is 2.33. The highest BCUT2D eigenvalue weighted by atomic mass is 32.2. The average molecular weight is 564 g/mol. The predicted octanol–water partition coefficient (Wildman–Crippen LogP) is 2.12. The van der Waals surface area contributed by atoms with Crippen LogP contribution in [0.2, 0.25) is 0 Å². The molecule has 0 unspecified atom stereocenters. The van der Waals surface area contributed by atoms with E-state index in [9.17, 15) is 14.4 Å². The van der Waals surface area contributed by atoms with E-state index in [0.29, 0.717) is 46.9 Å². The van der Waals surface area contributed by atoms with Crippen LogP contribution in [0.3, 0.4) is 0 Å². The number of carbonyl (C=O) groups is 3. The van der Waals surface area contributed by atoms with Crippen LogP contribution in [0.25, 0.3) is 6.08 Å². The molecule has 2 aromatic rings. The summed E-state index contributed by atoms with van der Waals surface area (Å²) in [6.45, 7) is 3.23. The van der Waals surface area contributed by atoms with E-state index in [1.54, 1.807) is 35.9 Å². The van der Waals surface area contributed by atoms with Gasteiger partial charge in [-0.1, -0.05) is 17.8 Å². The predicted molar refractivity (Wildman–Crippen MR) is 144 cm³/mol. The Balaban J connectivity index is 1.33. The van der Waals surface area contributed by atoms with E-state index in [1.165, 1.54) is 18.4 Å². The van der Waals surface area contributed by atoms with Crippen molar-refractivity contribution in [1.82, 2.24) is 20.3 Å². The molecule has 0 atom stereocenters. The number of nitrogens with zero attached hydrogens (tertiary/aromatic N) is 3. The molecule has 3 amide bonds. The van der Waals surface area contributed by atoms with Crippen molar-refractivity contribution in [2.75, 3.05) is 51.9 Å². The molecule has 0 spiro atoms. The number of anilines is 1. The van der Waals surface area contributed by atoms with Gasteiger partial charge >= 0.3 is 0 Å². The summed E-state index contributed by atoms with van der Waals surface area (Å²) in [5.41, 5.74) is 3.27. The molecule has 2 aliphatic heterocycles. The van der Waals surface area contributed by atoms with Crippen LogP contribution in [0, 0.1) is 0 Å². The summed E-state index contributed by atoms with van der Waals surface area (Å²) in [5, 5.41) is 5.98. The van der Waals surface area contributed by atoms with Crippen molar-refractivity contribution < 1.29 is 28.6 Å². The van der Waals surface area contributed by atoms with Gasteiger partial charge in [-0.05, 0) is 36.0 Å². The van der Waals surface area contributed by atoms with Crippen molar-refractivity contribution in [3.8, 4) is 11.5 Å². The summed E-state index contributed by atoms with van der Waals surface area (Å²) >= 11 is 7.71. The van der Waals surface area contributed by atoms with Crippen LogP contribution >= 0.6 is 35.3 Å². The van der Waals surface area contributed by atoms with Gasteiger partial charge < -0.3 is 14.2 Å². The third kappa shape index (κ3) is 7.49. The fourth-order valence-corrected chi connectivity index (χ4v) is 5.18. The van der Waals surface area contributed by atoms with Crippen LogP contribution in [0.1, 0.15) is 12.0 Å². The lowest BCUT2D eigenvalue weighted by Crippen LogP contribution is -2.46. The van der Waals surface area contributed by atoms with Gasteiger partial charge in [-0.25, -0.2) is 4.98 Å². The smallest absolute Gasteiger partial charge is 0.285 e. The van der Waals surface area contributed by atoms with Gasteiger partial charge in [0.15, 0.2) is 27.6 Å². The van der Waals surface area contributed by atoms with Crippen LogP contribution in [-0.2, 0) is 19.1 Å². The molecule has 1 aromatic carbocycles. The van der Waals surface area contributed by atoms with E-state index in [4.69, 9.17) is 26.4 Å². The minimum absolute atomic E-state index is 0.223. The molecule has 2 N–H and O–H groups in total. The zero-order chi connectivity index (χ0) is 26.2. The van der Waals surface area contributed by atoms with Crippen molar-refractivity contribution >= 4 is 68.6 Å². The number of nitrogens with one attached hydrogen (secondary N) is 2. The maximum absolute atomic E-state index is 12.9. The van der Waals surface area contributed by atoms with E-state index >= 15 is 0 Å². The molecule has 1 aromatic heterocycles. The molecule has 2 saturated heterocycles.